The third-order valence-electron chi connectivity index (χ3n) is 2.84. The van der Waals surface area contributed by atoms with Gasteiger partial charge < -0.3 is 11.1 Å². The van der Waals surface area contributed by atoms with Crippen molar-refractivity contribution in [3.63, 3.8) is 0 Å². The molecular weight excluding hydrogens is 236 g/mol. The van der Waals surface area contributed by atoms with Crippen LogP contribution in [0.5, 0.6) is 0 Å². The molecule has 2 aromatic rings. The summed E-state index contributed by atoms with van der Waals surface area (Å²) < 4.78 is 0. The largest absolute Gasteiger partial charge is 0.325 e. The number of rotatable bonds is 3. The first-order chi connectivity index (χ1) is 8.97. The molecule has 3 N–H and O–H groups in total. The van der Waals surface area contributed by atoms with E-state index in [2.05, 4.69) is 17.4 Å². The van der Waals surface area contributed by atoms with E-state index in [0.717, 1.165) is 16.8 Å². The molecule has 3 heteroatoms. The molecule has 0 atom stereocenters. The normalized spacial score (nSPS) is 11.1. The molecule has 0 aliphatic carbocycles. The maximum absolute atomic E-state index is 11.8. The molecule has 98 valence electrons. The lowest BCUT2D eigenvalue weighted by Gasteiger charge is -2.17. The first kappa shape index (κ1) is 13.3. The summed E-state index contributed by atoms with van der Waals surface area (Å²) in [5.41, 5.74) is 7.88. The van der Waals surface area contributed by atoms with Crippen LogP contribution in [0.25, 0.3) is 11.1 Å². The molecule has 3 nitrogen and oxygen atoms in total. The molecule has 0 radical (unpaired) electrons. The molecule has 0 bridgehead atoms. The Morgan fingerprint density at radius 1 is 0.947 bits per heavy atom. The van der Waals surface area contributed by atoms with Gasteiger partial charge in [-0.1, -0.05) is 42.5 Å². The minimum absolute atomic E-state index is 0.194. The number of carbonyl (C=O) groups excluding carboxylic acids is 1. The van der Waals surface area contributed by atoms with Crippen molar-refractivity contribution < 1.29 is 4.79 Å². The summed E-state index contributed by atoms with van der Waals surface area (Å²) in [5, 5.41) is 2.80. The molecule has 0 spiro atoms. The summed E-state index contributed by atoms with van der Waals surface area (Å²) in [6.45, 7) is 3.36. The van der Waals surface area contributed by atoms with Gasteiger partial charge in [0.2, 0.25) is 5.91 Å². The molecule has 2 aromatic carbocycles. The predicted octanol–water partition coefficient (Wildman–Crippen LogP) is 3.03. The number of hydrogen-bond donors (Lipinski definition) is 2. The highest BCUT2D eigenvalue weighted by molar-refractivity contribution is 5.97. The SMILES string of the molecule is CC(C)(N)C(=O)Nc1ccc(-c2ccccc2)cc1. The molecule has 0 fully saturated rings. The molecule has 0 saturated heterocycles. The summed E-state index contributed by atoms with van der Waals surface area (Å²) in [7, 11) is 0. The fraction of sp³-hybridized carbons (Fsp3) is 0.188. The fourth-order valence-corrected chi connectivity index (χ4v) is 1.67. The second-order valence-electron chi connectivity index (χ2n) is 5.12. The predicted molar refractivity (Wildman–Crippen MR) is 78.8 cm³/mol. The van der Waals surface area contributed by atoms with Gasteiger partial charge in [-0.05, 0) is 37.1 Å². The van der Waals surface area contributed by atoms with Crippen molar-refractivity contribution in [2.75, 3.05) is 5.32 Å². The molecule has 0 saturated carbocycles. The van der Waals surface area contributed by atoms with E-state index < -0.39 is 5.54 Å². The van der Waals surface area contributed by atoms with E-state index in [1.807, 2.05) is 42.5 Å². The summed E-state index contributed by atoms with van der Waals surface area (Å²) in [5.74, 6) is -0.194. The topological polar surface area (TPSA) is 55.1 Å². The van der Waals surface area contributed by atoms with Crippen LogP contribution in [0.3, 0.4) is 0 Å². The maximum Gasteiger partial charge on any atom is 0.243 e. The number of anilines is 1. The Balaban J connectivity index is 2.14. The van der Waals surface area contributed by atoms with Crippen molar-refractivity contribution in [3.8, 4) is 11.1 Å². The third-order valence-corrected chi connectivity index (χ3v) is 2.84. The molecule has 0 aromatic heterocycles. The number of hydrogen-bond acceptors (Lipinski definition) is 2. The summed E-state index contributed by atoms with van der Waals surface area (Å²) >= 11 is 0. The maximum atomic E-state index is 11.8. The molecular formula is C16H18N2O. The average Bonchev–Trinajstić information content (AvgIpc) is 2.39. The van der Waals surface area contributed by atoms with Crippen molar-refractivity contribution in [1.82, 2.24) is 0 Å². The number of nitrogens with two attached hydrogens (primary N) is 1. The lowest BCUT2D eigenvalue weighted by atomic mass is 10.0. The molecule has 0 unspecified atom stereocenters. The van der Waals surface area contributed by atoms with Crippen LogP contribution in [0.4, 0.5) is 5.69 Å². The van der Waals surface area contributed by atoms with E-state index >= 15 is 0 Å². The monoisotopic (exact) mass is 254 g/mol. The van der Waals surface area contributed by atoms with Gasteiger partial charge in [0.1, 0.15) is 0 Å². The van der Waals surface area contributed by atoms with E-state index in [1.165, 1.54) is 0 Å². The fourth-order valence-electron chi connectivity index (χ4n) is 1.67. The number of nitrogens with one attached hydrogen (secondary N) is 1. The highest BCUT2D eigenvalue weighted by atomic mass is 16.2. The average molecular weight is 254 g/mol. The van der Waals surface area contributed by atoms with Gasteiger partial charge >= 0.3 is 0 Å². The molecule has 0 aliphatic rings. The van der Waals surface area contributed by atoms with E-state index in [1.54, 1.807) is 13.8 Å². The molecule has 0 aliphatic heterocycles. The third kappa shape index (κ3) is 3.42. The Morgan fingerprint density at radius 3 is 2.00 bits per heavy atom. The van der Waals surface area contributed by atoms with E-state index in [-0.39, 0.29) is 5.91 Å². The first-order valence-electron chi connectivity index (χ1n) is 6.22. The van der Waals surface area contributed by atoms with E-state index in [0.29, 0.717) is 0 Å². The van der Waals surface area contributed by atoms with Crippen molar-refractivity contribution in [1.29, 1.82) is 0 Å². The van der Waals surface area contributed by atoms with Crippen molar-refractivity contribution >= 4 is 11.6 Å². The molecule has 1 amide bonds. The molecule has 19 heavy (non-hydrogen) atoms. The number of amides is 1. The first-order valence-corrected chi connectivity index (χ1v) is 6.22. The van der Waals surface area contributed by atoms with Crippen LogP contribution in [0.15, 0.2) is 54.6 Å². The highest BCUT2D eigenvalue weighted by Crippen LogP contribution is 2.21. The second kappa shape index (κ2) is 5.24. The van der Waals surface area contributed by atoms with Crippen LogP contribution >= 0.6 is 0 Å². The van der Waals surface area contributed by atoms with Crippen LogP contribution in [0, 0.1) is 0 Å². The van der Waals surface area contributed by atoms with Gasteiger partial charge in [-0.25, -0.2) is 0 Å². The Kier molecular flexibility index (Phi) is 3.67. The van der Waals surface area contributed by atoms with Crippen LogP contribution in [0.2, 0.25) is 0 Å². The highest BCUT2D eigenvalue weighted by Gasteiger charge is 2.21. The van der Waals surface area contributed by atoms with Crippen LogP contribution in [0.1, 0.15) is 13.8 Å². The van der Waals surface area contributed by atoms with Crippen molar-refractivity contribution in [3.05, 3.63) is 54.6 Å². The zero-order chi connectivity index (χ0) is 13.9. The minimum Gasteiger partial charge on any atom is -0.325 e. The quantitative estimate of drug-likeness (QED) is 0.884. The van der Waals surface area contributed by atoms with Gasteiger partial charge in [0.05, 0.1) is 5.54 Å². The van der Waals surface area contributed by atoms with Crippen molar-refractivity contribution in [2.24, 2.45) is 5.73 Å². The Hall–Kier alpha value is -2.13. The van der Waals surface area contributed by atoms with Crippen LogP contribution < -0.4 is 11.1 Å². The molecule has 0 heterocycles. The van der Waals surface area contributed by atoms with Crippen LogP contribution in [-0.4, -0.2) is 11.4 Å². The standard InChI is InChI=1S/C16H18N2O/c1-16(2,17)15(19)18-14-10-8-13(9-11-14)12-6-4-3-5-7-12/h3-11H,17H2,1-2H3,(H,18,19). The number of carbonyl (C=O) groups is 1. The van der Waals surface area contributed by atoms with Gasteiger partial charge in [-0.3, -0.25) is 4.79 Å². The number of benzene rings is 2. The lowest BCUT2D eigenvalue weighted by molar-refractivity contribution is -0.120. The summed E-state index contributed by atoms with van der Waals surface area (Å²) in [4.78, 5) is 11.8. The van der Waals surface area contributed by atoms with Gasteiger partial charge in [0.15, 0.2) is 0 Å². The zero-order valence-corrected chi connectivity index (χ0v) is 11.2. The van der Waals surface area contributed by atoms with E-state index in [9.17, 15) is 4.79 Å². The Morgan fingerprint density at radius 2 is 1.47 bits per heavy atom. The van der Waals surface area contributed by atoms with Gasteiger partial charge in [-0.2, -0.15) is 0 Å². The van der Waals surface area contributed by atoms with E-state index in [4.69, 9.17) is 5.73 Å². The van der Waals surface area contributed by atoms with Crippen LogP contribution in [-0.2, 0) is 4.79 Å². The Labute approximate surface area is 113 Å². The lowest BCUT2D eigenvalue weighted by Crippen LogP contribution is -2.45. The van der Waals surface area contributed by atoms with Gasteiger partial charge in [0.25, 0.3) is 0 Å². The smallest absolute Gasteiger partial charge is 0.243 e. The Bertz CT molecular complexity index is 554. The van der Waals surface area contributed by atoms with Gasteiger partial charge in [0, 0.05) is 5.69 Å². The summed E-state index contributed by atoms with van der Waals surface area (Å²) in [6, 6.07) is 17.8. The zero-order valence-electron chi connectivity index (χ0n) is 11.2. The van der Waals surface area contributed by atoms with Crippen molar-refractivity contribution in [2.45, 2.75) is 19.4 Å². The summed E-state index contributed by atoms with van der Waals surface area (Å²) in [6.07, 6.45) is 0. The molecule has 2 rings (SSSR count). The minimum atomic E-state index is -0.877. The second-order valence-corrected chi connectivity index (χ2v) is 5.12. The van der Waals surface area contributed by atoms with Gasteiger partial charge in [-0.15, -0.1) is 0 Å².